The Morgan fingerprint density at radius 3 is 2.62 bits per heavy atom. The second kappa shape index (κ2) is 5.10. The number of amides is 1. The van der Waals surface area contributed by atoms with E-state index in [-0.39, 0.29) is 17.9 Å². The third-order valence-electron chi connectivity index (χ3n) is 4.45. The highest BCUT2D eigenvalue weighted by Crippen LogP contribution is 2.35. The van der Waals surface area contributed by atoms with E-state index in [9.17, 15) is 10.1 Å². The minimum Gasteiger partial charge on any atom is -0.369 e. The molecule has 2 atom stereocenters. The molecular weight excluding hydrogens is 262 g/mol. The SMILES string of the molecule is C[C@H]1[C@@H](C(N)=O)CCN1c1ccc(C#N)c2ccccc12. The zero-order valence-corrected chi connectivity index (χ0v) is 11.9. The molecule has 0 aliphatic carbocycles. The van der Waals surface area contributed by atoms with Crippen molar-refractivity contribution < 1.29 is 4.79 Å². The number of anilines is 1. The number of carbonyl (C=O) groups excluding carboxylic acids is 1. The number of carbonyl (C=O) groups is 1. The van der Waals surface area contributed by atoms with Crippen LogP contribution in [-0.2, 0) is 4.79 Å². The first-order chi connectivity index (χ1) is 10.1. The molecule has 4 nitrogen and oxygen atoms in total. The van der Waals surface area contributed by atoms with Crippen molar-refractivity contribution in [3.05, 3.63) is 42.0 Å². The summed E-state index contributed by atoms with van der Waals surface area (Å²) in [5, 5.41) is 11.2. The number of nitrogens with two attached hydrogens (primary N) is 1. The summed E-state index contributed by atoms with van der Waals surface area (Å²) in [6.45, 7) is 2.85. The molecule has 21 heavy (non-hydrogen) atoms. The molecule has 0 saturated carbocycles. The molecule has 1 fully saturated rings. The Morgan fingerprint density at radius 1 is 1.29 bits per heavy atom. The predicted molar refractivity (Wildman–Crippen MR) is 82.8 cm³/mol. The van der Waals surface area contributed by atoms with Gasteiger partial charge in [0.25, 0.3) is 0 Å². The van der Waals surface area contributed by atoms with Crippen LogP contribution in [0.25, 0.3) is 10.8 Å². The normalized spacial score (nSPS) is 21.4. The fourth-order valence-electron chi connectivity index (χ4n) is 3.29. The molecule has 0 radical (unpaired) electrons. The van der Waals surface area contributed by atoms with Gasteiger partial charge in [-0.1, -0.05) is 24.3 Å². The van der Waals surface area contributed by atoms with Crippen LogP contribution in [0.1, 0.15) is 18.9 Å². The average molecular weight is 279 g/mol. The molecular formula is C17H17N3O. The van der Waals surface area contributed by atoms with E-state index in [1.807, 2.05) is 43.3 Å². The first-order valence-electron chi connectivity index (χ1n) is 7.11. The van der Waals surface area contributed by atoms with Gasteiger partial charge >= 0.3 is 0 Å². The van der Waals surface area contributed by atoms with Gasteiger partial charge in [-0.15, -0.1) is 0 Å². The van der Waals surface area contributed by atoms with E-state index < -0.39 is 0 Å². The number of hydrogen-bond donors (Lipinski definition) is 1. The molecule has 1 aliphatic heterocycles. The lowest BCUT2D eigenvalue weighted by Crippen LogP contribution is -2.35. The monoisotopic (exact) mass is 279 g/mol. The van der Waals surface area contributed by atoms with E-state index >= 15 is 0 Å². The van der Waals surface area contributed by atoms with Gasteiger partial charge in [0, 0.05) is 29.0 Å². The maximum atomic E-state index is 11.5. The fraction of sp³-hybridized carbons (Fsp3) is 0.294. The van der Waals surface area contributed by atoms with E-state index in [4.69, 9.17) is 5.73 Å². The predicted octanol–water partition coefficient (Wildman–Crippen LogP) is 2.41. The molecule has 0 unspecified atom stereocenters. The average Bonchev–Trinajstić information content (AvgIpc) is 2.88. The van der Waals surface area contributed by atoms with Crippen molar-refractivity contribution >= 4 is 22.4 Å². The Balaban J connectivity index is 2.11. The number of fused-ring (bicyclic) bond motifs is 1. The van der Waals surface area contributed by atoms with Crippen molar-refractivity contribution in [1.29, 1.82) is 5.26 Å². The standard InChI is InChI=1S/C17H17N3O/c1-11-13(17(19)21)8-9-20(11)16-7-6-12(10-18)14-4-2-3-5-15(14)16/h2-7,11,13H,8-9H2,1H3,(H2,19,21)/t11-,13-/m0/s1. The molecule has 2 N–H and O–H groups in total. The third-order valence-corrected chi connectivity index (χ3v) is 4.45. The van der Waals surface area contributed by atoms with Gasteiger partial charge in [-0.05, 0) is 25.5 Å². The van der Waals surface area contributed by atoms with Crippen molar-refractivity contribution in [2.75, 3.05) is 11.4 Å². The van der Waals surface area contributed by atoms with Gasteiger partial charge in [-0.3, -0.25) is 4.79 Å². The topological polar surface area (TPSA) is 70.1 Å². The summed E-state index contributed by atoms with van der Waals surface area (Å²) in [6, 6.07) is 14.0. The first-order valence-corrected chi connectivity index (χ1v) is 7.11. The van der Waals surface area contributed by atoms with Gasteiger partial charge in [0.2, 0.25) is 5.91 Å². The van der Waals surface area contributed by atoms with E-state index in [0.29, 0.717) is 5.56 Å². The molecule has 1 aliphatic rings. The lowest BCUT2D eigenvalue weighted by molar-refractivity contribution is -0.121. The van der Waals surface area contributed by atoms with Crippen LogP contribution in [0.3, 0.4) is 0 Å². The van der Waals surface area contributed by atoms with Crippen LogP contribution >= 0.6 is 0 Å². The maximum absolute atomic E-state index is 11.5. The second-order valence-electron chi connectivity index (χ2n) is 5.52. The van der Waals surface area contributed by atoms with Crippen LogP contribution in [0.15, 0.2) is 36.4 Å². The molecule has 0 spiro atoms. The third kappa shape index (κ3) is 2.11. The van der Waals surface area contributed by atoms with Gasteiger partial charge < -0.3 is 10.6 Å². The fourth-order valence-corrected chi connectivity index (χ4v) is 3.29. The molecule has 2 aromatic carbocycles. The smallest absolute Gasteiger partial charge is 0.222 e. The Morgan fingerprint density at radius 2 is 2.00 bits per heavy atom. The Kier molecular flexibility index (Phi) is 3.26. The number of nitrogens with zero attached hydrogens (tertiary/aromatic N) is 2. The zero-order valence-electron chi connectivity index (χ0n) is 11.9. The first kappa shape index (κ1) is 13.4. The van der Waals surface area contributed by atoms with Crippen molar-refractivity contribution in [2.24, 2.45) is 11.7 Å². The Labute approximate surface area is 123 Å². The van der Waals surface area contributed by atoms with Crippen molar-refractivity contribution in [2.45, 2.75) is 19.4 Å². The van der Waals surface area contributed by atoms with Crippen LogP contribution in [0.4, 0.5) is 5.69 Å². The van der Waals surface area contributed by atoms with Crippen molar-refractivity contribution in [1.82, 2.24) is 0 Å². The molecule has 4 heteroatoms. The van der Waals surface area contributed by atoms with Crippen LogP contribution in [-0.4, -0.2) is 18.5 Å². The summed E-state index contributed by atoms with van der Waals surface area (Å²) >= 11 is 0. The van der Waals surface area contributed by atoms with Crippen LogP contribution < -0.4 is 10.6 Å². The number of benzene rings is 2. The minimum absolute atomic E-state index is 0.0823. The highest BCUT2D eigenvalue weighted by atomic mass is 16.1. The molecule has 1 saturated heterocycles. The maximum Gasteiger partial charge on any atom is 0.222 e. The number of primary amides is 1. The number of nitriles is 1. The van der Waals surface area contributed by atoms with Crippen molar-refractivity contribution in [3.8, 4) is 6.07 Å². The van der Waals surface area contributed by atoms with Crippen LogP contribution in [0.2, 0.25) is 0 Å². The number of hydrogen-bond acceptors (Lipinski definition) is 3. The molecule has 0 aromatic heterocycles. The minimum atomic E-state index is -0.233. The van der Waals surface area contributed by atoms with Crippen molar-refractivity contribution in [3.63, 3.8) is 0 Å². The summed E-state index contributed by atoms with van der Waals surface area (Å²) in [5.74, 6) is -0.345. The largest absolute Gasteiger partial charge is 0.369 e. The molecule has 0 bridgehead atoms. The lowest BCUT2D eigenvalue weighted by atomic mass is 10.00. The van der Waals surface area contributed by atoms with E-state index in [0.717, 1.165) is 29.4 Å². The summed E-state index contributed by atoms with van der Waals surface area (Å²) in [6.07, 6.45) is 0.783. The van der Waals surface area contributed by atoms with Crippen LogP contribution in [0.5, 0.6) is 0 Å². The van der Waals surface area contributed by atoms with E-state index in [1.165, 1.54) is 0 Å². The molecule has 106 valence electrons. The van der Waals surface area contributed by atoms with E-state index in [1.54, 1.807) is 0 Å². The van der Waals surface area contributed by atoms with E-state index in [2.05, 4.69) is 11.0 Å². The molecule has 2 aromatic rings. The second-order valence-corrected chi connectivity index (χ2v) is 5.52. The van der Waals surface area contributed by atoms with Gasteiger partial charge in [-0.25, -0.2) is 0 Å². The highest BCUT2D eigenvalue weighted by molar-refractivity contribution is 5.98. The van der Waals surface area contributed by atoms with Gasteiger partial charge in [0.15, 0.2) is 0 Å². The molecule has 3 rings (SSSR count). The summed E-state index contributed by atoms with van der Waals surface area (Å²) in [5.41, 5.74) is 7.22. The summed E-state index contributed by atoms with van der Waals surface area (Å²) < 4.78 is 0. The van der Waals surface area contributed by atoms with Crippen LogP contribution in [0, 0.1) is 17.2 Å². The van der Waals surface area contributed by atoms with Gasteiger partial charge in [0.1, 0.15) is 0 Å². The quantitative estimate of drug-likeness (QED) is 0.917. The van der Waals surface area contributed by atoms with Gasteiger partial charge in [0.05, 0.1) is 17.6 Å². The lowest BCUT2D eigenvalue weighted by Gasteiger charge is -2.27. The molecule has 1 amide bonds. The summed E-state index contributed by atoms with van der Waals surface area (Å²) in [4.78, 5) is 13.7. The zero-order chi connectivity index (χ0) is 15.0. The van der Waals surface area contributed by atoms with Gasteiger partial charge in [-0.2, -0.15) is 5.26 Å². The number of rotatable bonds is 2. The Hall–Kier alpha value is -2.54. The molecule has 1 heterocycles. The highest BCUT2D eigenvalue weighted by Gasteiger charge is 2.35. The summed E-state index contributed by atoms with van der Waals surface area (Å²) in [7, 11) is 0. The Bertz CT molecular complexity index is 747.